The Kier molecular flexibility index (Phi) is 4.54. The molecule has 0 aliphatic rings. The van der Waals surface area contributed by atoms with E-state index in [0.717, 1.165) is 11.5 Å². The van der Waals surface area contributed by atoms with Gasteiger partial charge in [-0.3, -0.25) is 9.59 Å². The Morgan fingerprint density at radius 3 is 2.70 bits per heavy atom. The summed E-state index contributed by atoms with van der Waals surface area (Å²) in [6.07, 6.45) is 2.88. The van der Waals surface area contributed by atoms with Gasteiger partial charge in [-0.15, -0.1) is 0 Å². The third kappa shape index (κ3) is 3.45. The Labute approximate surface area is 129 Å². The number of hydrogen-bond acceptors (Lipinski definition) is 4. The molecule has 0 aliphatic heterocycles. The molecule has 1 aromatic carbocycles. The van der Waals surface area contributed by atoms with Crippen LogP contribution in [-0.4, -0.2) is 16.1 Å². The van der Waals surface area contributed by atoms with Gasteiger partial charge < -0.3 is 5.73 Å². The smallest absolute Gasteiger partial charge is 0.269 e. The second-order valence-electron chi connectivity index (χ2n) is 3.71. The summed E-state index contributed by atoms with van der Waals surface area (Å²) >= 11 is 12.6. The van der Waals surface area contributed by atoms with Crippen LogP contribution in [-0.2, 0) is 0 Å². The Morgan fingerprint density at radius 1 is 1.35 bits per heavy atom. The van der Waals surface area contributed by atoms with E-state index in [1.807, 2.05) is 0 Å². The van der Waals surface area contributed by atoms with Crippen molar-refractivity contribution in [1.82, 2.24) is 4.37 Å². The minimum absolute atomic E-state index is 0.0451. The Morgan fingerprint density at radius 2 is 2.10 bits per heavy atom. The molecule has 4 nitrogen and oxygen atoms in total. The van der Waals surface area contributed by atoms with E-state index in [1.165, 1.54) is 6.08 Å². The maximum Gasteiger partial charge on any atom is 0.269 e. The minimum atomic E-state index is -0.718. The molecule has 1 aromatic heterocycles. The number of rotatable bonds is 4. The van der Waals surface area contributed by atoms with Gasteiger partial charge in [0, 0.05) is 16.1 Å². The molecule has 1 heterocycles. The van der Waals surface area contributed by atoms with E-state index in [-0.39, 0.29) is 16.4 Å². The summed E-state index contributed by atoms with van der Waals surface area (Å²) in [7, 11) is 0. The molecular formula is C13H7Cl2N2O2S. The van der Waals surface area contributed by atoms with Crippen LogP contribution in [0.1, 0.15) is 25.7 Å². The van der Waals surface area contributed by atoms with Gasteiger partial charge in [-0.2, -0.15) is 4.37 Å². The largest absolute Gasteiger partial charge is 0.364 e. The molecule has 0 fully saturated rings. The number of aromatic nitrogens is 1. The second kappa shape index (κ2) is 6.17. The Bertz CT molecular complexity index is 710. The lowest BCUT2D eigenvalue weighted by atomic mass is 10.2. The minimum Gasteiger partial charge on any atom is -0.364 e. The van der Waals surface area contributed by atoms with Gasteiger partial charge in [0.05, 0.1) is 0 Å². The number of carbonyl (C=O) groups is 2. The van der Waals surface area contributed by atoms with Crippen LogP contribution in [0.5, 0.6) is 0 Å². The first kappa shape index (κ1) is 14.7. The first-order chi connectivity index (χ1) is 9.47. The predicted molar refractivity (Wildman–Crippen MR) is 79.3 cm³/mol. The number of primary amides is 1. The van der Waals surface area contributed by atoms with Crippen LogP contribution in [0.4, 0.5) is 0 Å². The molecule has 0 spiro atoms. The lowest BCUT2D eigenvalue weighted by molar-refractivity contribution is 0.0996. The second-order valence-corrected chi connectivity index (χ2v) is 5.33. The highest BCUT2D eigenvalue weighted by atomic mass is 35.5. The molecule has 0 saturated carbocycles. The highest BCUT2D eigenvalue weighted by Gasteiger charge is 2.12. The lowest BCUT2D eigenvalue weighted by Crippen LogP contribution is -2.11. The number of nitrogens with two attached hydrogens (primary N) is 1. The molecule has 1 radical (unpaired) electrons. The van der Waals surface area contributed by atoms with Gasteiger partial charge >= 0.3 is 0 Å². The SMILES string of the molecule is NC(=O)c1[c]c(C(=O)C=Cc2ccc(Cl)cc2Cl)sn1. The van der Waals surface area contributed by atoms with Gasteiger partial charge in [0.15, 0.2) is 5.78 Å². The highest BCUT2D eigenvalue weighted by Crippen LogP contribution is 2.22. The van der Waals surface area contributed by atoms with Crippen molar-refractivity contribution in [3.63, 3.8) is 0 Å². The van der Waals surface area contributed by atoms with Crippen molar-refractivity contribution in [2.24, 2.45) is 5.73 Å². The van der Waals surface area contributed by atoms with E-state index in [2.05, 4.69) is 10.4 Å². The highest BCUT2D eigenvalue weighted by molar-refractivity contribution is 7.08. The first-order valence-electron chi connectivity index (χ1n) is 5.33. The number of benzene rings is 1. The van der Waals surface area contributed by atoms with Gasteiger partial charge in [-0.1, -0.05) is 29.3 Å². The van der Waals surface area contributed by atoms with Gasteiger partial charge in [-0.25, -0.2) is 0 Å². The van der Waals surface area contributed by atoms with Crippen LogP contribution in [0.2, 0.25) is 10.0 Å². The van der Waals surface area contributed by atoms with Crippen molar-refractivity contribution < 1.29 is 9.59 Å². The number of nitrogens with zero attached hydrogens (tertiary/aromatic N) is 1. The molecule has 0 bridgehead atoms. The number of hydrogen-bond donors (Lipinski definition) is 1. The van der Waals surface area contributed by atoms with E-state index in [1.54, 1.807) is 24.3 Å². The van der Waals surface area contributed by atoms with Gasteiger partial charge in [0.25, 0.3) is 5.91 Å². The summed E-state index contributed by atoms with van der Waals surface area (Å²) in [5.74, 6) is -1.05. The third-order valence-corrected chi connectivity index (χ3v) is 3.62. The van der Waals surface area contributed by atoms with Crippen molar-refractivity contribution in [3.05, 3.63) is 56.5 Å². The van der Waals surface area contributed by atoms with Crippen molar-refractivity contribution in [2.75, 3.05) is 0 Å². The van der Waals surface area contributed by atoms with E-state index in [4.69, 9.17) is 28.9 Å². The quantitative estimate of drug-likeness (QED) is 0.692. The fourth-order valence-electron chi connectivity index (χ4n) is 1.34. The van der Waals surface area contributed by atoms with E-state index in [0.29, 0.717) is 15.6 Å². The van der Waals surface area contributed by atoms with E-state index in [9.17, 15) is 9.59 Å². The molecule has 2 rings (SSSR count). The van der Waals surface area contributed by atoms with Gasteiger partial charge in [0.2, 0.25) is 0 Å². The van der Waals surface area contributed by atoms with Crippen molar-refractivity contribution >= 4 is 52.5 Å². The van der Waals surface area contributed by atoms with Crippen LogP contribution in [0.25, 0.3) is 6.08 Å². The summed E-state index contributed by atoms with van der Waals surface area (Å²) in [6.45, 7) is 0. The molecule has 7 heteroatoms. The summed E-state index contributed by atoms with van der Waals surface area (Å²) < 4.78 is 3.73. The molecule has 0 aliphatic carbocycles. The van der Waals surface area contributed by atoms with Crippen LogP contribution >= 0.6 is 34.7 Å². The average molecular weight is 326 g/mol. The number of amides is 1. The summed E-state index contributed by atoms with van der Waals surface area (Å²) in [5.41, 5.74) is 5.65. The zero-order valence-electron chi connectivity index (χ0n) is 9.89. The van der Waals surface area contributed by atoms with Crippen LogP contribution in [0.15, 0.2) is 24.3 Å². The fourth-order valence-corrected chi connectivity index (χ4v) is 2.43. The third-order valence-electron chi connectivity index (χ3n) is 2.29. The van der Waals surface area contributed by atoms with Crippen molar-refractivity contribution in [1.29, 1.82) is 0 Å². The van der Waals surface area contributed by atoms with E-state index < -0.39 is 5.91 Å². The van der Waals surface area contributed by atoms with Crippen molar-refractivity contribution in [3.8, 4) is 0 Å². The monoisotopic (exact) mass is 325 g/mol. The molecule has 2 N–H and O–H groups in total. The summed E-state index contributed by atoms with van der Waals surface area (Å²) in [5, 5.41) is 0.952. The molecule has 0 atom stereocenters. The van der Waals surface area contributed by atoms with Crippen LogP contribution in [0, 0.1) is 6.07 Å². The topological polar surface area (TPSA) is 73.1 Å². The molecule has 0 unspecified atom stereocenters. The molecule has 20 heavy (non-hydrogen) atoms. The first-order valence-corrected chi connectivity index (χ1v) is 6.86. The molecule has 1 amide bonds. The van der Waals surface area contributed by atoms with Crippen molar-refractivity contribution in [2.45, 2.75) is 0 Å². The molecule has 101 valence electrons. The molecule has 2 aromatic rings. The lowest BCUT2D eigenvalue weighted by Gasteiger charge is -1.97. The maximum absolute atomic E-state index is 11.9. The average Bonchev–Trinajstić information content (AvgIpc) is 2.87. The number of carbonyl (C=O) groups excluding carboxylic acids is 2. The van der Waals surface area contributed by atoms with E-state index >= 15 is 0 Å². The molecule has 0 saturated heterocycles. The van der Waals surface area contributed by atoms with Crippen LogP contribution in [0.3, 0.4) is 0 Å². The standard InChI is InChI=1S/C13H7Cl2N2O2S/c14-8-3-1-7(9(15)5-8)2-4-11(18)12-6-10(13(16)19)17-20-12/h1-5H,(H2,16,19). The van der Waals surface area contributed by atoms with Crippen LogP contribution < -0.4 is 5.73 Å². The summed E-state index contributed by atoms with van der Waals surface area (Å²) in [6, 6.07) is 7.49. The normalized spacial score (nSPS) is 10.9. The zero-order chi connectivity index (χ0) is 14.7. The zero-order valence-corrected chi connectivity index (χ0v) is 12.2. The summed E-state index contributed by atoms with van der Waals surface area (Å²) in [4.78, 5) is 22.9. The van der Waals surface area contributed by atoms with Gasteiger partial charge in [0.1, 0.15) is 10.6 Å². The number of ketones is 1. The predicted octanol–water partition coefficient (Wildman–Crippen LogP) is 3.25. The Hall–Kier alpha value is -1.69. The number of halogens is 2. The molecular weight excluding hydrogens is 319 g/mol. The van der Waals surface area contributed by atoms with Gasteiger partial charge in [-0.05, 0) is 41.4 Å². The Balaban J connectivity index is 2.17. The fraction of sp³-hybridized carbons (Fsp3) is 0. The maximum atomic E-state index is 11.9. The number of allylic oxidation sites excluding steroid dienone is 1.